The second-order valence-electron chi connectivity index (χ2n) is 6.38. The highest BCUT2D eigenvalue weighted by Gasteiger charge is 2.18. The van der Waals surface area contributed by atoms with Gasteiger partial charge in [0.1, 0.15) is 5.75 Å². The zero-order valence-corrected chi connectivity index (χ0v) is 14.1. The van der Waals surface area contributed by atoms with Crippen LogP contribution in [0, 0.1) is 6.92 Å². The van der Waals surface area contributed by atoms with Crippen LogP contribution in [0.3, 0.4) is 0 Å². The molecule has 0 aliphatic carbocycles. The average molecular weight is 302 g/mol. The van der Waals surface area contributed by atoms with Crippen molar-refractivity contribution in [2.75, 3.05) is 0 Å². The highest BCUT2D eigenvalue weighted by atomic mass is 31.1. The lowest BCUT2D eigenvalue weighted by Gasteiger charge is -2.22. The van der Waals surface area contributed by atoms with Gasteiger partial charge in [-0.05, 0) is 40.4 Å². The van der Waals surface area contributed by atoms with Crippen molar-refractivity contribution in [3.05, 3.63) is 53.1 Å². The van der Waals surface area contributed by atoms with Gasteiger partial charge in [0.05, 0.1) is 6.61 Å². The van der Waals surface area contributed by atoms with Crippen molar-refractivity contribution in [3.63, 3.8) is 0 Å². The number of phenols is 1. The Balaban J connectivity index is 2.46. The highest BCUT2D eigenvalue weighted by molar-refractivity contribution is 7.55. The predicted molar refractivity (Wildman–Crippen MR) is 91.5 cm³/mol. The summed E-state index contributed by atoms with van der Waals surface area (Å²) in [4.78, 5) is 0. The highest BCUT2D eigenvalue weighted by Crippen LogP contribution is 2.30. The summed E-state index contributed by atoms with van der Waals surface area (Å²) in [7, 11) is 0.343. The minimum atomic E-state index is 0.0296. The lowest BCUT2D eigenvalue weighted by atomic mass is 9.86. The zero-order valence-electron chi connectivity index (χ0n) is 13.1. The van der Waals surface area contributed by atoms with Gasteiger partial charge in [0.15, 0.2) is 0 Å². The third-order valence-electron chi connectivity index (χ3n) is 3.62. The van der Waals surface area contributed by atoms with Crippen molar-refractivity contribution in [2.45, 2.75) is 39.7 Å². The summed E-state index contributed by atoms with van der Waals surface area (Å²) < 4.78 is 0. The molecule has 0 amide bonds. The van der Waals surface area contributed by atoms with Crippen LogP contribution in [0.25, 0.3) is 0 Å². The van der Waals surface area contributed by atoms with E-state index in [0.29, 0.717) is 14.3 Å². The number of aryl methyl sites for hydroxylation is 1. The van der Waals surface area contributed by atoms with Crippen LogP contribution in [0.5, 0.6) is 5.75 Å². The van der Waals surface area contributed by atoms with Gasteiger partial charge in [-0.2, -0.15) is 0 Å². The zero-order chi connectivity index (χ0) is 15.6. The number of rotatable bonds is 3. The molecular formula is C18H23O2P. The van der Waals surface area contributed by atoms with E-state index in [2.05, 4.69) is 32.9 Å². The summed E-state index contributed by atoms with van der Waals surface area (Å²) in [5, 5.41) is 21.8. The summed E-state index contributed by atoms with van der Waals surface area (Å²) >= 11 is 0. The first-order chi connectivity index (χ1) is 9.82. The Morgan fingerprint density at radius 3 is 2.33 bits per heavy atom. The molecule has 0 spiro atoms. The maximum absolute atomic E-state index is 10.4. The minimum Gasteiger partial charge on any atom is -0.507 e. The molecule has 1 atom stereocenters. The standard InChI is InChI=1S/C18H23O2P/c1-12-9-14(18(2,3)4)10-16(17(12)20)21-15-8-6-5-7-13(15)11-19/h5-10,19-21H,11H2,1-4H3. The smallest absolute Gasteiger partial charge is 0.126 e. The van der Waals surface area contributed by atoms with E-state index in [1.54, 1.807) is 0 Å². The molecule has 0 bridgehead atoms. The van der Waals surface area contributed by atoms with Gasteiger partial charge >= 0.3 is 0 Å². The first kappa shape index (κ1) is 16.0. The van der Waals surface area contributed by atoms with Crippen LogP contribution in [0.2, 0.25) is 0 Å². The summed E-state index contributed by atoms with van der Waals surface area (Å²) in [5.41, 5.74) is 3.11. The molecule has 1 unspecified atom stereocenters. The van der Waals surface area contributed by atoms with E-state index < -0.39 is 0 Å². The van der Waals surface area contributed by atoms with Gasteiger partial charge in [0.2, 0.25) is 0 Å². The molecule has 0 heterocycles. The van der Waals surface area contributed by atoms with Crippen LogP contribution >= 0.6 is 8.58 Å². The van der Waals surface area contributed by atoms with E-state index in [9.17, 15) is 10.2 Å². The molecule has 112 valence electrons. The normalized spacial score (nSPS) is 12.2. The third kappa shape index (κ3) is 3.64. The van der Waals surface area contributed by atoms with Crippen LogP contribution in [-0.4, -0.2) is 10.2 Å². The molecule has 3 heteroatoms. The molecule has 0 aliphatic rings. The van der Waals surface area contributed by atoms with Crippen molar-refractivity contribution in [1.82, 2.24) is 0 Å². The molecule has 0 fully saturated rings. The maximum atomic E-state index is 10.4. The fourth-order valence-electron chi connectivity index (χ4n) is 2.23. The van der Waals surface area contributed by atoms with Crippen LogP contribution < -0.4 is 10.6 Å². The first-order valence-corrected chi connectivity index (χ1v) is 8.13. The molecule has 0 saturated carbocycles. The van der Waals surface area contributed by atoms with Gasteiger partial charge in [-0.3, -0.25) is 0 Å². The largest absolute Gasteiger partial charge is 0.507 e. The van der Waals surface area contributed by atoms with E-state index in [-0.39, 0.29) is 12.0 Å². The van der Waals surface area contributed by atoms with E-state index in [1.165, 1.54) is 5.56 Å². The van der Waals surface area contributed by atoms with Gasteiger partial charge in [-0.15, -0.1) is 0 Å². The molecule has 2 rings (SSSR count). The summed E-state index contributed by atoms with van der Waals surface area (Å²) in [5.74, 6) is 0.370. The fraction of sp³-hybridized carbons (Fsp3) is 0.333. The first-order valence-electron chi connectivity index (χ1n) is 7.13. The fourth-order valence-corrected chi connectivity index (χ4v) is 3.57. The summed E-state index contributed by atoms with van der Waals surface area (Å²) in [6.45, 7) is 8.49. The summed E-state index contributed by atoms with van der Waals surface area (Å²) in [6.07, 6.45) is 0. The van der Waals surface area contributed by atoms with Crippen molar-refractivity contribution < 1.29 is 10.2 Å². The maximum Gasteiger partial charge on any atom is 0.126 e. The SMILES string of the molecule is Cc1cc(C(C)(C)C)cc(Pc2ccccc2CO)c1O. The molecule has 0 aliphatic heterocycles. The van der Waals surface area contributed by atoms with Crippen molar-refractivity contribution >= 4 is 19.2 Å². The van der Waals surface area contributed by atoms with Gasteiger partial charge in [0.25, 0.3) is 0 Å². The molecule has 21 heavy (non-hydrogen) atoms. The summed E-state index contributed by atoms with van der Waals surface area (Å²) in [6, 6.07) is 12.0. The van der Waals surface area contributed by atoms with E-state index >= 15 is 0 Å². The van der Waals surface area contributed by atoms with Crippen LogP contribution in [0.4, 0.5) is 0 Å². The van der Waals surface area contributed by atoms with E-state index in [4.69, 9.17) is 0 Å². The lowest BCUT2D eigenvalue weighted by Crippen LogP contribution is -2.16. The molecule has 2 aromatic rings. The van der Waals surface area contributed by atoms with Gasteiger partial charge in [-0.25, -0.2) is 0 Å². The van der Waals surface area contributed by atoms with E-state index in [0.717, 1.165) is 21.7 Å². The Morgan fingerprint density at radius 1 is 1.05 bits per heavy atom. The molecule has 2 nitrogen and oxygen atoms in total. The number of aliphatic hydroxyl groups excluding tert-OH is 1. The number of benzene rings is 2. The Kier molecular flexibility index (Phi) is 4.70. The average Bonchev–Trinajstić information content (AvgIpc) is 2.43. The molecule has 0 aromatic heterocycles. The quantitative estimate of drug-likeness (QED) is 0.855. The number of aromatic hydroxyl groups is 1. The van der Waals surface area contributed by atoms with E-state index in [1.807, 2.05) is 31.2 Å². The number of hydrogen-bond acceptors (Lipinski definition) is 2. The van der Waals surface area contributed by atoms with Crippen molar-refractivity contribution in [3.8, 4) is 5.75 Å². The number of aliphatic hydroxyl groups is 1. The Bertz CT molecular complexity index is 642. The number of hydrogen-bond donors (Lipinski definition) is 2. The number of phenolic OH excluding ortho intramolecular Hbond substituents is 1. The van der Waals surface area contributed by atoms with Crippen LogP contribution in [0.15, 0.2) is 36.4 Å². The molecule has 0 saturated heterocycles. The second-order valence-corrected chi connectivity index (χ2v) is 7.71. The Morgan fingerprint density at radius 2 is 1.71 bits per heavy atom. The molecule has 2 N–H and O–H groups in total. The Labute approximate surface area is 128 Å². The van der Waals surface area contributed by atoms with Gasteiger partial charge < -0.3 is 10.2 Å². The van der Waals surface area contributed by atoms with Crippen LogP contribution in [0.1, 0.15) is 37.5 Å². The predicted octanol–water partition coefficient (Wildman–Crippen LogP) is 3.12. The Hall–Kier alpha value is -1.37. The molecule has 0 radical (unpaired) electrons. The van der Waals surface area contributed by atoms with Crippen molar-refractivity contribution in [2.24, 2.45) is 0 Å². The topological polar surface area (TPSA) is 40.5 Å². The van der Waals surface area contributed by atoms with Crippen molar-refractivity contribution in [1.29, 1.82) is 0 Å². The monoisotopic (exact) mass is 302 g/mol. The second kappa shape index (κ2) is 6.17. The lowest BCUT2D eigenvalue weighted by molar-refractivity contribution is 0.283. The van der Waals surface area contributed by atoms with Gasteiger partial charge in [-0.1, -0.05) is 59.7 Å². The van der Waals surface area contributed by atoms with Gasteiger partial charge in [0, 0.05) is 5.30 Å². The van der Waals surface area contributed by atoms with Crippen LogP contribution in [-0.2, 0) is 12.0 Å². The molecule has 2 aromatic carbocycles. The third-order valence-corrected chi connectivity index (χ3v) is 5.03. The minimum absolute atomic E-state index is 0.0296. The molecular weight excluding hydrogens is 279 g/mol.